The zero-order chi connectivity index (χ0) is 10.8. The molecule has 0 aliphatic heterocycles. The van der Waals surface area contributed by atoms with Crippen LogP contribution in [0.5, 0.6) is 0 Å². The number of hydrogen-bond acceptors (Lipinski definition) is 3. The van der Waals surface area contributed by atoms with E-state index in [9.17, 15) is 0 Å². The number of anilines is 1. The van der Waals surface area contributed by atoms with Gasteiger partial charge >= 0.3 is 0 Å². The number of aryl methyl sites for hydroxylation is 1. The van der Waals surface area contributed by atoms with E-state index in [-0.39, 0.29) is 0 Å². The molecule has 0 fully saturated rings. The number of halogens is 1. The highest BCUT2D eigenvalue weighted by atomic mass is 35.5. The van der Waals surface area contributed by atoms with Gasteiger partial charge in [-0.2, -0.15) is 0 Å². The van der Waals surface area contributed by atoms with Crippen molar-refractivity contribution in [2.45, 2.75) is 32.6 Å². The van der Waals surface area contributed by atoms with E-state index in [2.05, 4.69) is 21.8 Å². The van der Waals surface area contributed by atoms with Gasteiger partial charge in [0, 0.05) is 19.2 Å². The largest absolute Gasteiger partial charge is 0.344 e. The van der Waals surface area contributed by atoms with Gasteiger partial charge in [-0.1, -0.05) is 18.5 Å². The Balaban J connectivity index is 2.30. The zero-order valence-corrected chi connectivity index (χ0v) is 10.0. The third-order valence-electron chi connectivity index (χ3n) is 2.77. The van der Waals surface area contributed by atoms with E-state index >= 15 is 0 Å². The van der Waals surface area contributed by atoms with Crippen LogP contribution in [0.4, 0.5) is 5.95 Å². The second-order valence-corrected chi connectivity index (χ2v) is 4.37. The van der Waals surface area contributed by atoms with Crippen LogP contribution in [0.2, 0.25) is 5.15 Å². The van der Waals surface area contributed by atoms with Crippen molar-refractivity contribution >= 4 is 17.5 Å². The highest BCUT2D eigenvalue weighted by Crippen LogP contribution is 2.27. The molecule has 0 saturated heterocycles. The standard InChI is InChI=1S/C11H16ClN3/c1-3-7-15(2)11-13-9-6-4-5-8(9)10(12)14-11/h3-7H2,1-2H3. The van der Waals surface area contributed by atoms with E-state index in [0.717, 1.165) is 49.4 Å². The lowest BCUT2D eigenvalue weighted by Crippen LogP contribution is -2.21. The van der Waals surface area contributed by atoms with Crippen LogP contribution < -0.4 is 4.90 Å². The zero-order valence-electron chi connectivity index (χ0n) is 9.26. The summed E-state index contributed by atoms with van der Waals surface area (Å²) in [5.41, 5.74) is 2.30. The molecule has 0 bridgehead atoms. The van der Waals surface area contributed by atoms with Gasteiger partial charge in [0.2, 0.25) is 5.95 Å². The first-order chi connectivity index (χ1) is 7.22. The summed E-state index contributed by atoms with van der Waals surface area (Å²) in [6, 6.07) is 0. The Morgan fingerprint density at radius 2 is 2.13 bits per heavy atom. The number of rotatable bonds is 3. The molecule has 0 amide bonds. The summed E-state index contributed by atoms with van der Waals surface area (Å²) in [4.78, 5) is 11.0. The molecule has 82 valence electrons. The summed E-state index contributed by atoms with van der Waals surface area (Å²) in [6.45, 7) is 3.11. The molecule has 15 heavy (non-hydrogen) atoms. The van der Waals surface area contributed by atoms with Crippen molar-refractivity contribution in [3.05, 3.63) is 16.4 Å². The van der Waals surface area contributed by atoms with Crippen molar-refractivity contribution in [3.8, 4) is 0 Å². The van der Waals surface area contributed by atoms with Crippen LogP contribution in [-0.4, -0.2) is 23.6 Å². The second-order valence-electron chi connectivity index (χ2n) is 4.01. The molecular weight excluding hydrogens is 210 g/mol. The van der Waals surface area contributed by atoms with Crippen molar-refractivity contribution in [1.29, 1.82) is 0 Å². The molecule has 1 aromatic rings. The average Bonchev–Trinajstić information content (AvgIpc) is 2.66. The van der Waals surface area contributed by atoms with E-state index in [4.69, 9.17) is 11.6 Å². The molecule has 2 rings (SSSR count). The molecule has 1 aliphatic carbocycles. The molecule has 4 heteroatoms. The first kappa shape index (κ1) is 10.7. The van der Waals surface area contributed by atoms with Crippen molar-refractivity contribution in [1.82, 2.24) is 9.97 Å². The van der Waals surface area contributed by atoms with Crippen molar-refractivity contribution in [3.63, 3.8) is 0 Å². The third kappa shape index (κ3) is 2.07. The van der Waals surface area contributed by atoms with Crippen LogP contribution in [0, 0.1) is 0 Å². The van der Waals surface area contributed by atoms with E-state index in [0.29, 0.717) is 5.15 Å². The average molecular weight is 226 g/mol. The van der Waals surface area contributed by atoms with Crippen molar-refractivity contribution in [2.75, 3.05) is 18.5 Å². The third-order valence-corrected chi connectivity index (χ3v) is 3.08. The highest BCUT2D eigenvalue weighted by molar-refractivity contribution is 6.30. The first-order valence-corrected chi connectivity index (χ1v) is 5.86. The number of aromatic nitrogens is 2. The van der Waals surface area contributed by atoms with Gasteiger partial charge in [0.15, 0.2) is 0 Å². The fourth-order valence-electron chi connectivity index (χ4n) is 1.98. The fourth-order valence-corrected chi connectivity index (χ4v) is 2.26. The fraction of sp³-hybridized carbons (Fsp3) is 0.636. The number of nitrogens with zero attached hydrogens (tertiary/aromatic N) is 3. The first-order valence-electron chi connectivity index (χ1n) is 5.48. The van der Waals surface area contributed by atoms with Crippen molar-refractivity contribution in [2.24, 2.45) is 0 Å². The smallest absolute Gasteiger partial charge is 0.226 e. The molecule has 0 saturated carbocycles. The maximum atomic E-state index is 6.14. The van der Waals surface area contributed by atoms with Gasteiger partial charge in [0.05, 0.1) is 5.69 Å². The molecule has 0 unspecified atom stereocenters. The second kappa shape index (κ2) is 4.35. The Labute approximate surface area is 95.5 Å². The van der Waals surface area contributed by atoms with Gasteiger partial charge < -0.3 is 4.90 Å². The molecule has 0 N–H and O–H groups in total. The van der Waals surface area contributed by atoms with E-state index in [1.165, 1.54) is 0 Å². The minimum atomic E-state index is 0.649. The summed E-state index contributed by atoms with van der Waals surface area (Å²) in [5.74, 6) is 0.766. The summed E-state index contributed by atoms with van der Waals surface area (Å²) in [5, 5.41) is 0.649. The van der Waals surface area contributed by atoms with Gasteiger partial charge in [-0.15, -0.1) is 0 Å². The molecular formula is C11H16ClN3. The lowest BCUT2D eigenvalue weighted by atomic mass is 10.3. The molecule has 3 nitrogen and oxygen atoms in total. The van der Waals surface area contributed by atoms with Crippen LogP contribution in [0.25, 0.3) is 0 Å². The van der Waals surface area contributed by atoms with Crippen LogP contribution >= 0.6 is 11.6 Å². The van der Waals surface area contributed by atoms with E-state index < -0.39 is 0 Å². The van der Waals surface area contributed by atoms with Crippen LogP contribution in [-0.2, 0) is 12.8 Å². The monoisotopic (exact) mass is 225 g/mol. The Bertz CT molecular complexity index is 365. The van der Waals surface area contributed by atoms with Gasteiger partial charge in [-0.3, -0.25) is 0 Å². The van der Waals surface area contributed by atoms with E-state index in [1.807, 2.05) is 7.05 Å². The molecule has 0 radical (unpaired) electrons. The summed E-state index contributed by atoms with van der Waals surface area (Å²) >= 11 is 6.14. The molecule has 0 aromatic carbocycles. The minimum Gasteiger partial charge on any atom is -0.344 e. The van der Waals surface area contributed by atoms with Gasteiger partial charge in [-0.25, -0.2) is 9.97 Å². The van der Waals surface area contributed by atoms with Gasteiger partial charge in [0.25, 0.3) is 0 Å². The molecule has 0 atom stereocenters. The van der Waals surface area contributed by atoms with Crippen LogP contribution in [0.3, 0.4) is 0 Å². The lowest BCUT2D eigenvalue weighted by molar-refractivity contribution is 0.810. The van der Waals surface area contributed by atoms with Crippen LogP contribution in [0.1, 0.15) is 31.0 Å². The van der Waals surface area contributed by atoms with Crippen LogP contribution in [0.15, 0.2) is 0 Å². The summed E-state index contributed by atoms with van der Waals surface area (Å²) in [6.07, 6.45) is 4.33. The maximum absolute atomic E-state index is 6.14. The SMILES string of the molecule is CCCN(C)c1nc(Cl)c2c(n1)CCC2. The highest BCUT2D eigenvalue weighted by Gasteiger charge is 2.19. The number of fused-ring (bicyclic) bond motifs is 1. The van der Waals surface area contributed by atoms with Gasteiger partial charge in [0.1, 0.15) is 5.15 Å². The Morgan fingerprint density at radius 3 is 2.87 bits per heavy atom. The van der Waals surface area contributed by atoms with Crippen molar-refractivity contribution < 1.29 is 0 Å². The minimum absolute atomic E-state index is 0.649. The quantitative estimate of drug-likeness (QED) is 0.740. The Morgan fingerprint density at radius 1 is 1.33 bits per heavy atom. The molecule has 0 spiro atoms. The Kier molecular flexibility index (Phi) is 3.10. The summed E-state index contributed by atoms with van der Waals surface area (Å²) in [7, 11) is 2.01. The number of hydrogen-bond donors (Lipinski definition) is 0. The maximum Gasteiger partial charge on any atom is 0.226 e. The predicted octanol–water partition coefficient (Wildman–Crippen LogP) is 2.46. The topological polar surface area (TPSA) is 29.0 Å². The normalized spacial score (nSPS) is 14.1. The molecule has 1 aliphatic rings. The predicted molar refractivity (Wildman–Crippen MR) is 62.6 cm³/mol. The molecule has 1 heterocycles. The summed E-state index contributed by atoms with van der Waals surface area (Å²) < 4.78 is 0. The lowest BCUT2D eigenvalue weighted by Gasteiger charge is -2.17. The Hall–Kier alpha value is -0.830. The van der Waals surface area contributed by atoms with E-state index in [1.54, 1.807) is 0 Å². The van der Waals surface area contributed by atoms with Gasteiger partial charge in [-0.05, 0) is 25.7 Å². The molecule has 1 aromatic heterocycles.